The molecular weight excluding hydrogens is 166 g/mol. The van der Waals surface area contributed by atoms with E-state index < -0.39 is 0 Å². The lowest BCUT2D eigenvalue weighted by Crippen LogP contribution is -2.25. The summed E-state index contributed by atoms with van der Waals surface area (Å²) < 4.78 is 11.0. The number of rotatable bonds is 6. The van der Waals surface area contributed by atoms with Gasteiger partial charge in [0.15, 0.2) is 0 Å². The Bertz CT molecular complexity index is 113. The minimum atomic E-state index is 0.454. The van der Waals surface area contributed by atoms with Crippen molar-refractivity contribution in [3.05, 3.63) is 0 Å². The van der Waals surface area contributed by atoms with Crippen LogP contribution in [0.2, 0.25) is 0 Å². The summed E-state index contributed by atoms with van der Waals surface area (Å²) in [6, 6.07) is 0. The average molecular weight is 187 g/mol. The first-order valence-corrected chi connectivity index (χ1v) is 5.33. The van der Waals surface area contributed by atoms with E-state index in [0.717, 1.165) is 52.2 Å². The van der Waals surface area contributed by atoms with Crippen molar-refractivity contribution in [3.8, 4) is 0 Å². The predicted molar refractivity (Wildman–Crippen MR) is 53.0 cm³/mol. The maximum atomic E-state index is 5.71. The van der Waals surface area contributed by atoms with Crippen LogP contribution >= 0.6 is 0 Å². The molecule has 13 heavy (non-hydrogen) atoms. The fourth-order valence-corrected chi connectivity index (χ4v) is 1.47. The van der Waals surface area contributed by atoms with Crippen molar-refractivity contribution in [2.24, 2.45) is 0 Å². The number of ether oxygens (including phenoxy) is 2. The highest BCUT2D eigenvalue weighted by atomic mass is 16.5. The molecular formula is C10H21NO2. The summed E-state index contributed by atoms with van der Waals surface area (Å²) in [6.45, 7) is 6.88. The van der Waals surface area contributed by atoms with E-state index in [1.807, 2.05) is 0 Å². The van der Waals surface area contributed by atoms with Gasteiger partial charge in [-0.1, -0.05) is 6.92 Å². The van der Waals surface area contributed by atoms with E-state index >= 15 is 0 Å². The molecule has 1 aliphatic rings. The highest BCUT2D eigenvalue weighted by Gasteiger charge is 2.13. The third-order valence-electron chi connectivity index (χ3n) is 2.27. The summed E-state index contributed by atoms with van der Waals surface area (Å²) in [4.78, 5) is 0. The quantitative estimate of drug-likeness (QED) is 0.633. The van der Waals surface area contributed by atoms with Gasteiger partial charge in [0.25, 0.3) is 0 Å². The number of hydrogen-bond donors (Lipinski definition) is 1. The Morgan fingerprint density at radius 3 is 2.85 bits per heavy atom. The van der Waals surface area contributed by atoms with E-state index in [4.69, 9.17) is 9.47 Å². The van der Waals surface area contributed by atoms with Gasteiger partial charge in [-0.2, -0.15) is 0 Å². The van der Waals surface area contributed by atoms with Crippen molar-refractivity contribution >= 4 is 0 Å². The zero-order chi connectivity index (χ0) is 9.36. The molecule has 0 unspecified atom stereocenters. The van der Waals surface area contributed by atoms with Gasteiger partial charge in [0, 0.05) is 19.8 Å². The van der Waals surface area contributed by atoms with Crippen molar-refractivity contribution in [1.82, 2.24) is 5.32 Å². The Kier molecular flexibility index (Phi) is 6.15. The SMILES string of the molecule is CCNCCCOC1CCOCC1. The van der Waals surface area contributed by atoms with Crippen molar-refractivity contribution in [2.75, 3.05) is 32.9 Å². The van der Waals surface area contributed by atoms with Crippen LogP contribution in [0.15, 0.2) is 0 Å². The molecule has 3 heteroatoms. The second-order valence-corrected chi connectivity index (χ2v) is 3.39. The minimum absolute atomic E-state index is 0.454. The predicted octanol–water partition coefficient (Wildman–Crippen LogP) is 1.18. The van der Waals surface area contributed by atoms with Gasteiger partial charge in [0.1, 0.15) is 0 Å². The molecule has 0 bridgehead atoms. The molecule has 0 atom stereocenters. The minimum Gasteiger partial charge on any atom is -0.381 e. The fourth-order valence-electron chi connectivity index (χ4n) is 1.47. The Morgan fingerprint density at radius 2 is 2.15 bits per heavy atom. The standard InChI is InChI=1S/C10H21NO2/c1-2-11-6-3-7-13-10-4-8-12-9-5-10/h10-11H,2-9H2,1H3. The Morgan fingerprint density at radius 1 is 1.38 bits per heavy atom. The van der Waals surface area contributed by atoms with E-state index in [9.17, 15) is 0 Å². The molecule has 1 heterocycles. The molecule has 78 valence electrons. The van der Waals surface area contributed by atoms with Gasteiger partial charge in [-0.3, -0.25) is 0 Å². The molecule has 0 aliphatic carbocycles. The highest BCUT2D eigenvalue weighted by Crippen LogP contribution is 2.10. The number of hydrogen-bond acceptors (Lipinski definition) is 3. The van der Waals surface area contributed by atoms with E-state index in [1.54, 1.807) is 0 Å². The van der Waals surface area contributed by atoms with Crippen molar-refractivity contribution in [3.63, 3.8) is 0 Å². The van der Waals surface area contributed by atoms with Crippen molar-refractivity contribution in [1.29, 1.82) is 0 Å². The second-order valence-electron chi connectivity index (χ2n) is 3.39. The summed E-state index contributed by atoms with van der Waals surface area (Å²) >= 11 is 0. The molecule has 0 aromatic heterocycles. The lowest BCUT2D eigenvalue weighted by Gasteiger charge is -2.22. The van der Waals surface area contributed by atoms with Gasteiger partial charge in [0.05, 0.1) is 6.10 Å². The first-order chi connectivity index (χ1) is 6.43. The molecule has 1 aliphatic heterocycles. The maximum absolute atomic E-state index is 5.71. The van der Waals surface area contributed by atoms with E-state index in [1.165, 1.54) is 0 Å². The van der Waals surface area contributed by atoms with Crippen LogP contribution < -0.4 is 5.32 Å². The molecule has 0 amide bonds. The number of nitrogens with one attached hydrogen (secondary N) is 1. The Labute approximate surface area is 80.8 Å². The third-order valence-corrected chi connectivity index (χ3v) is 2.27. The van der Waals surface area contributed by atoms with Crippen molar-refractivity contribution < 1.29 is 9.47 Å². The molecule has 0 spiro atoms. The van der Waals surface area contributed by atoms with E-state index in [-0.39, 0.29) is 0 Å². The molecule has 0 radical (unpaired) electrons. The van der Waals surface area contributed by atoms with Crippen LogP contribution in [-0.2, 0) is 9.47 Å². The summed E-state index contributed by atoms with van der Waals surface area (Å²) in [6.07, 6.45) is 3.71. The third kappa shape index (κ3) is 5.24. The first-order valence-electron chi connectivity index (χ1n) is 5.33. The molecule has 1 saturated heterocycles. The molecule has 3 nitrogen and oxygen atoms in total. The zero-order valence-corrected chi connectivity index (χ0v) is 8.55. The monoisotopic (exact) mass is 187 g/mol. The maximum Gasteiger partial charge on any atom is 0.0619 e. The summed E-state index contributed by atoms with van der Waals surface area (Å²) in [5.41, 5.74) is 0. The van der Waals surface area contributed by atoms with Crippen LogP contribution in [0.4, 0.5) is 0 Å². The normalized spacial score (nSPS) is 19.2. The molecule has 1 fully saturated rings. The van der Waals surface area contributed by atoms with Gasteiger partial charge in [0.2, 0.25) is 0 Å². The smallest absolute Gasteiger partial charge is 0.0619 e. The topological polar surface area (TPSA) is 30.5 Å². The van der Waals surface area contributed by atoms with Crippen LogP contribution in [0.3, 0.4) is 0 Å². The van der Waals surface area contributed by atoms with Gasteiger partial charge < -0.3 is 14.8 Å². The highest BCUT2D eigenvalue weighted by molar-refractivity contribution is 4.62. The zero-order valence-electron chi connectivity index (χ0n) is 8.55. The Hall–Kier alpha value is -0.120. The van der Waals surface area contributed by atoms with E-state index in [0.29, 0.717) is 6.10 Å². The lowest BCUT2D eigenvalue weighted by molar-refractivity contribution is -0.0321. The molecule has 1 rings (SSSR count). The molecule has 0 saturated carbocycles. The van der Waals surface area contributed by atoms with Crippen LogP contribution in [0.5, 0.6) is 0 Å². The molecule has 0 aromatic rings. The van der Waals surface area contributed by atoms with Crippen LogP contribution in [0.25, 0.3) is 0 Å². The second kappa shape index (κ2) is 7.30. The fraction of sp³-hybridized carbons (Fsp3) is 1.00. The summed E-state index contributed by atoms with van der Waals surface area (Å²) in [7, 11) is 0. The van der Waals surface area contributed by atoms with Gasteiger partial charge in [-0.25, -0.2) is 0 Å². The van der Waals surface area contributed by atoms with Crippen LogP contribution in [0, 0.1) is 0 Å². The largest absolute Gasteiger partial charge is 0.381 e. The van der Waals surface area contributed by atoms with Gasteiger partial charge >= 0.3 is 0 Å². The van der Waals surface area contributed by atoms with Crippen LogP contribution in [0.1, 0.15) is 26.2 Å². The average Bonchev–Trinajstić information content (AvgIpc) is 2.19. The molecule has 0 aromatic carbocycles. The Balaban J connectivity index is 1.86. The van der Waals surface area contributed by atoms with Gasteiger partial charge in [-0.15, -0.1) is 0 Å². The summed E-state index contributed by atoms with van der Waals surface area (Å²) in [5.74, 6) is 0. The van der Waals surface area contributed by atoms with Crippen molar-refractivity contribution in [2.45, 2.75) is 32.3 Å². The first kappa shape index (κ1) is 11.0. The van der Waals surface area contributed by atoms with E-state index in [2.05, 4.69) is 12.2 Å². The van der Waals surface area contributed by atoms with Crippen LogP contribution in [-0.4, -0.2) is 39.0 Å². The lowest BCUT2D eigenvalue weighted by atomic mass is 10.1. The summed E-state index contributed by atoms with van der Waals surface area (Å²) in [5, 5.41) is 3.28. The molecule has 1 N–H and O–H groups in total. The van der Waals surface area contributed by atoms with Gasteiger partial charge in [-0.05, 0) is 32.4 Å².